The molecule has 0 atom stereocenters. The molecule has 0 radical (unpaired) electrons. The summed E-state index contributed by atoms with van der Waals surface area (Å²) >= 11 is 0. The zero-order valence-electron chi connectivity index (χ0n) is 24.4. The van der Waals surface area contributed by atoms with E-state index >= 15 is 0 Å². The molecule has 0 unspecified atom stereocenters. The molecule has 4 aromatic rings. The zero-order valence-corrected chi connectivity index (χ0v) is 24.4. The molecule has 4 nitrogen and oxygen atoms in total. The standard InChI is InChI=1S/C23H26N2.C14H18N2.CH4/c1-3-9-19(10-4-1)15-16-23(24-21-12-5-2-6-13-21)25-18-17-20-11-7-8-14-22(20)25;1-3-7-13(8-4-1)11-15-12-16-14-9-5-2-6-10-14;/h1,3-4,7-11,14,17-18,21H,2,5-6,12-13,15-16H2;1,3-4,7-8,14H,2,5-6,9-11H2;1H4. The fourth-order valence-electron chi connectivity index (χ4n) is 5.92. The van der Waals surface area contributed by atoms with E-state index in [1.54, 1.807) is 0 Å². The number of rotatable bonds is 7. The quantitative estimate of drug-likeness (QED) is 0.159. The van der Waals surface area contributed by atoms with Crippen molar-refractivity contribution in [2.24, 2.45) is 15.0 Å². The number of hydrogen-bond acceptors (Lipinski definition) is 3. The van der Waals surface area contributed by atoms with Crippen molar-refractivity contribution < 1.29 is 0 Å². The largest absolute Gasteiger partial charge is 0.305 e. The lowest BCUT2D eigenvalue weighted by Crippen LogP contribution is -2.18. The Bertz CT molecular complexity index is 1400. The number of aromatic nitrogens is 1. The second kappa shape index (κ2) is 17.3. The summed E-state index contributed by atoms with van der Waals surface area (Å²) in [6.45, 7) is 0.692. The lowest BCUT2D eigenvalue weighted by atomic mass is 9.96. The normalized spacial score (nSPS) is 16.0. The van der Waals surface area contributed by atoms with Crippen LogP contribution < -0.4 is 0 Å². The third-order valence-corrected chi connectivity index (χ3v) is 8.25. The minimum absolute atomic E-state index is 0. The first-order valence-electron chi connectivity index (χ1n) is 15.7. The van der Waals surface area contributed by atoms with E-state index in [9.17, 15) is 0 Å². The smallest absolute Gasteiger partial charge is 0.108 e. The van der Waals surface area contributed by atoms with Crippen molar-refractivity contribution in [2.45, 2.75) is 103 Å². The molecule has 0 amide bonds. The van der Waals surface area contributed by atoms with Gasteiger partial charge in [0.2, 0.25) is 0 Å². The number of para-hydroxylation sites is 1. The summed E-state index contributed by atoms with van der Waals surface area (Å²) in [6.07, 6.45) is 17.2. The molecule has 1 aromatic heterocycles. The second-order valence-electron chi connectivity index (χ2n) is 11.4. The Balaban J connectivity index is 0.000000207. The number of aliphatic imine (C=N–C) groups is 3. The van der Waals surface area contributed by atoms with Crippen molar-refractivity contribution in [3.8, 4) is 0 Å². The second-order valence-corrected chi connectivity index (χ2v) is 11.4. The summed E-state index contributed by atoms with van der Waals surface area (Å²) in [7, 11) is 0. The number of aryl methyl sites for hydroxylation is 1. The van der Waals surface area contributed by atoms with E-state index in [4.69, 9.17) is 4.99 Å². The van der Waals surface area contributed by atoms with E-state index in [0.29, 0.717) is 18.6 Å². The molecular weight excluding hydrogens is 512 g/mol. The topological polar surface area (TPSA) is 42.0 Å². The van der Waals surface area contributed by atoms with Crippen LogP contribution in [0, 0.1) is 0 Å². The Hall–Kier alpha value is -3.75. The summed E-state index contributed by atoms with van der Waals surface area (Å²) in [5.74, 6) is 1.22. The van der Waals surface area contributed by atoms with Crippen molar-refractivity contribution in [3.05, 3.63) is 108 Å². The summed E-state index contributed by atoms with van der Waals surface area (Å²) in [5, 5.41) is 1.29. The van der Waals surface area contributed by atoms with Gasteiger partial charge in [-0.15, -0.1) is 0 Å². The minimum atomic E-state index is 0. The van der Waals surface area contributed by atoms with Crippen LogP contribution >= 0.6 is 0 Å². The van der Waals surface area contributed by atoms with Crippen molar-refractivity contribution in [1.29, 1.82) is 0 Å². The summed E-state index contributed by atoms with van der Waals surface area (Å²) in [5.41, 5.74) is 3.87. The molecule has 2 aliphatic rings. The highest BCUT2D eigenvalue weighted by Crippen LogP contribution is 2.23. The van der Waals surface area contributed by atoms with Crippen molar-refractivity contribution >= 4 is 22.7 Å². The first-order chi connectivity index (χ1) is 20.3. The van der Waals surface area contributed by atoms with E-state index in [2.05, 4.69) is 99.6 Å². The third kappa shape index (κ3) is 9.67. The molecule has 0 aliphatic heterocycles. The molecular formula is C38H48N4. The van der Waals surface area contributed by atoms with Gasteiger partial charge in [0.15, 0.2) is 0 Å². The Morgan fingerprint density at radius 3 is 1.95 bits per heavy atom. The van der Waals surface area contributed by atoms with Gasteiger partial charge in [-0.2, -0.15) is 0 Å². The Morgan fingerprint density at radius 2 is 1.26 bits per heavy atom. The van der Waals surface area contributed by atoms with Crippen LogP contribution in [0.1, 0.15) is 89.2 Å². The lowest BCUT2D eigenvalue weighted by molar-refractivity contribution is 0.442. The molecule has 2 fully saturated rings. The Morgan fingerprint density at radius 1 is 0.667 bits per heavy atom. The average molecular weight is 561 g/mol. The van der Waals surface area contributed by atoms with E-state index < -0.39 is 0 Å². The summed E-state index contributed by atoms with van der Waals surface area (Å²) in [4.78, 5) is 13.8. The molecule has 0 spiro atoms. The highest BCUT2D eigenvalue weighted by atomic mass is 15.1. The van der Waals surface area contributed by atoms with Crippen LogP contribution in [0.25, 0.3) is 10.9 Å². The van der Waals surface area contributed by atoms with Gasteiger partial charge in [0, 0.05) is 12.6 Å². The number of benzene rings is 3. The van der Waals surface area contributed by atoms with Crippen LogP contribution in [-0.4, -0.2) is 28.5 Å². The maximum Gasteiger partial charge on any atom is 0.108 e. The Kier molecular flexibility index (Phi) is 12.8. The fraction of sp³-hybridized carbons (Fsp3) is 0.421. The van der Waals surface area contributed by atoms with Crippen molar-refractivity contribution in [1.82, 2.24) is 4.57 Å². The van der Waals surface area contributed by atoms with Gasteiger partial charge in [0.1, 0.15) is 5.84 Å². The van der Waals surface area contributed by atoms with Crippen LogP contribution in [-0.2, 0) is 13.0 Å². The molecule has 6 rings (SSSR count). The molecule has 0 bridgehead atoms. The molecule has 220 valence electrons. The summed E-state index contributed by atoms with van der Waals surface area (Å²) < 4.78 is 2.31. The first-order valence-corrected chi connectivity index (χ1v) is 15.7. The van der Waals surface area contributed by atoms with Crippen LogP contribution in [0.15, 0.2) is 112 Å². The zero-order chi connectivity index (χ0) is 28.0. The highest BCUT2D eigenvalue weighted by Gasteiger charge is 2.15. The molecule has 1 heterocycles. The van der Waals surface area contributed by atoms with Gasteiger partial charge in [-0.25, -0.2) is 9.98 Å². The molecule has 4 heteroatoms. The average Bonchev–Trinajstić information content (AvgIpc) is 3.48. The van der Waals surface area contributed by atoms with Gasteiger partial charge in [0.25, 0.3) is 0 Å². The van der Waals surface area contributed by atoms with Gasteiger partial charge >= 0.3 is 0 Å². The van der Waals surface area contributed by atoms with Gasteiger partial charge in [0.05, 0.1) is 30.2 Å². The van der Waals surface area contributed by atoms with Gasteiger partial charge in [-0.05, 0) is 60.7 Å². The number of hydrogen-bond donors (Lipinski definition) is 0. The maximum absolute atomic E-state index is 5.22. The van der Waals surface area contributed by atoms with Gasteiger partial charge in [-0.3, -0.25) is 4.99 Å². The van der Waals surface area contributed by atoms with Gasteiger partial charge in [-0.1, -0.05) is 125 Å². The van der Waals surface area contributed by atoms with E-state index in [1.165, 1.54) is 92.1 Å². The molecule has 2 saturated carbocycles. The highest BCUT2D eigenvalue weighted by molar-refractivity contribution is 5.95. The van der Waals surface area contributed by atoms with Crippen molar-refractivity contribution in [3.63, 3.8) is 0 Å². The molecule has 3 aromatic carbocycles. The number of nitrogens with zero attached hydrogens (tertiary/aromatic N) is 4. The third-order valence-electron chi connectivity index (χ3n) is 8.25. The SMILES string of the molecule is C.C(=NCc1ccccc1)=NC1CCCCC1.c1ccc(CCC(=NC2CCCCC2)n2ccc3ccccc32)cc1. The lowest BCUT2D eigenvalue weighted by Gasteiger charge is -2.20. The van der Waals surface area contributed by atoms with Crippen LogP contribution in [0.4, 0.5) is 0 Å². The minimum Gasteiger partial charge on any atom is -0.305 e. The van der Waals surface area contributed by atoms with Gasteiger partial charge < -0.3 is 4.57 Å². The first kappa shape index (κ1) is 31.2. The predicted octanol–water partition coefficient (Wildman–Crippen LogP) is 10.2. The molecule has 42 heavy (non-hydrogen) atoms. The molecule has 0 saturated heterocycles. The monoisotopic (exact) mass is 560 g/mol. The number of fused-ring (bicyclic) bond motifs is 1. The van der Waals surface area contributed by atoms with Crippen LogP contribution in [0.5, 0.6) is 0 Å². The van der Waals surface area contributed by atoms with Crippen LogP contribution in [0.3, 0.4) is 0 Å². The molecule has 2 aliphatic carbocycles. The molecule has 0 N–H and O–H groups in total. The van der Waals surface area contributed by atoms with E-state index in [-0.39, 0.29) is 7.43 Å². The fourth-order valence-corrected chi connectivity index (χ4v) is 5.92. The predicted molar refractivity (Wildman–Crippen MR) is 180 cm³/mol. The van der Waals surface area contributed by atoms with E-state index in [1.807, 2.05) is 18.2 Å². The maximum atomic E-state index is 5.22. The Labute approximate surface area is 253 Å². The van der Waals surface area contributed by atoms with E-state index in [0.717, 1.165) is 12.8 Å². The summed E-state index contributed by atoms with van der Waals surface area (Å²) in [6, 6.07) is 35.6. The van der Waals surface area contributed by atoms with Crippen molar-refractivity contribution in [2.75, 3.05) is 0 Å². The van der Waals surface area contributed by atoms with Crippen LogP contribution in [0.2, 0.25) is 0 Å².